The number of carbonyl (C=O) groups is 1. The van der Waals surface area contributed by atoms with E-state index in [0.29, 0.717) is 18.3 Å². The number of thiocarbonyl (C=S) groups is 1. The van der Waals surface area contributed by atoms with E-state index < -0.39 is 6.04 Å². The van der Waals surface area contributed by atoms with Gasteiger partial charge < -0.3 is 9.64 Å². The minimum absolute atomic E-state index is 0.0511. The summed E-state index contributed by atoms with van der Waals surface area (Å²) in [4.78, 5) is 16.7. The molecule has 134 valence electrons. The third-order valence-electron chi connectivity index (χ3n) is 4.33. The number of benzene rings is 2. The molecule has 0 saturated carbocycles. The molecule has 1 saturated heterocycles. The highest BCUT2D eigenvalue weighted by molar-refractivity contribution is 7.80. The third-order valence-corrected chi connectivity index (χ3v) is 4.74. The Hall–Kier alpha value is -2.66. The molecule has 1 aliphatic heterocycles. The molecule has 0 bridgehead atoms. The monoisotopic (exact) mass is 366 g/mol. The van der Waals surface area contributed by atoms with Crippen LogP contribution in [0, 0.1) is 6.92 Å². The second-order valence-corrected chi connectivity index (χ2v) is 6.50. The first-order valence-corrected chi connectivity index (χ1v) is 9.02. The van der Waals surface area contributed by atoms with Crippen molar-refractivity contribution < 1.29 is 9.53 Å². The molecule has 0 N–H and O–H groups in total. The number of anilines is 1. The van der Waals surface area contributed by atoms with Gasteiger partial charge in [-0.2, -0.15) is 0 Å². The molecular formula is C21H22N2O2S. The Bertz CT molecular complexity index is 815. The number of nitrogens with zero attached hydrogens (tertiary/aromatic N) is 2. The predicted octanol–water partition coefficient (Wildman–Crippen LogP) is 4.25. The Morgan fingerprint density at radius 3 is 2.38 bits per heavy atom. The van der Waals surface area contributed by atoms with Crippen LogP contribution in [0.5, 0.6) is 5.75 Å². The maximum atomic E-state index is 13.2. The van der Waals surface area contributed by atoms with Crippen molar-refractivity contribution in [3.05, 3.63) is 72.3 Å². The highest BCUT2D eigenvalue weighted by Crippen LogP contribution is 2.35. The molecule has 0 spiro atoms. The molecule has 0 aromatic heterocycles. The molecule has 1 heterocycles. The maximum Gasteiger partial charge on any atom is 0.260 e. The van der Waals surface area contributed by atoms with Gasteiger partial charge in [-0.25, -0.2) is 0 Å². The van der Waals surface area contributed by atoms with Crippen LogP contribution < -0.4 is 9.64 Å². The standard InChI is InChI=1S/C21H22N2O2S/c1-4-14-22-19(16-8-6-15(3)7-9-16)20(24)23(21(22)26)17-10-12-18(13-11-17)25-5-2/h4,6-13,19H,1,5,14H2,2-3H3/t19-/m0/s1. The summed E-state index contributed by atoms with van der Waals surface area (Å²) in [5, 5.41) is 0.490. The Labute approximate surface area is 159 Å². The zero-order chi connectivity index (χ0) is 18.7. The van der Waals surface area contributed by atoms with Gasteiger partial charge in [0, 0.05) is 6.54 Å². The molecule has 0 unspecified atom stereocenters. The van der Waals surface area contributed by atoms with E-state index in [1.807, 2.05) is 67.3 Å². The van der Waals surface area contributed by atoms with E-state index in [-0.39, 0.29) is 5.91 Å². The van der Waals surface area contributed by atoms with Gasteiger partial charge in [0.1, 0.15) is 11.8 Å². The average Bonchev–Trinajstić information content (AvgIpc) is 2.88. The lowest BCUT2D eigenvalue weighted by molar-refractivity contribution is -0.119. The molecule has 4 nitrogen and oxygen atoms in total. The Morgan fingerprint density at radius 1 is 1.15 bits per heavy atom. The lowest BCUT2D eigenvalue weighted by Crippen LogP contribution is -2.32. The molecular weight excluding hydrogens is 344 g/mol. The van der Waals surface area contributed by atoms with Gasteiger partial charge in [0.15, 0.2) is 5.11 Å². The zero-order valence-corrected chi connectivity index (χ0v) is 15.8. The van der Waals surface area contributed by atoms with E-state index in [4.69, 9.17) is 17.0 Å². The van der Waals surface area contributed by atoms with Crippen LogP contribution >= 0.6 is 12.2 Å². The highest BCUT2D eigenvalue weighted by atomic mass is 32.1. The summed E-state index contributed by atoms with van der Waals surface area (Å²) < 4.78 is 5.48. The molecule has 26 heavy (non-hydrogen) atoms. The summed E-state index contributed by atoms with van der Waals surface area (Å²) in [7, 11) is 0. The van der Waals surface area contributed by atoms with E-state index >= 15 is 0 Å². The minimum atomic E-state index is -0.437. The number of amides is 1. The topological polar surface area (TPSA) is 32.8 Å². The Kier molecular flexibility index (Phi) is 5.38. The van der Waals surface area contributed by atoms with Gasteiger partial charge in [0.05, 0.1) is 12.3 Å². The van der Waals surface area contributed by atoms with E-state index in [1.54, 1.807) is 11.0 Å². The molecule has 2 aromatic carbocycles. The van der Waals surface area contributed by atoms with E-state index in [1.165, 1.54) is 0 Å². The zero-order valence-electron chi connectivity index (χ0n) is 15.0. The molecule has 1 amide bonds. The van der Waals surface area contributed by atoms with Crippen LogP contribution in [0.3, 0.4) is 0 Å². The van der Waals surface area contributed by atoms with Crippen molar-refractivity contribution in [3.8, 4) is 5.75 Å². The third kappa shape index (κ3) is 3.35. The fourth-order valence-electron chi connectivity index (χ4n) is 3.08. The summed E-state index contributed by atoms with van der Waals surface area (Å²) >= 11 is 5.63. The summed E-state index contributed by atoms with van der Waals surface area (Å²) in [6.07, 6.45) is 1.77. The second kappa shape index (κ2) is 7.70. The van der Waals surface area contributed by atoms with Crippen LogP contribution in [0.4, 0.5) is 5.69 Å². The molecule has 5 heteroatoms. The van der Waals surface area contributed by atoms with Gasteiger partial charge in [-0.3, -0.25) is 9.69 Å². The predicted molar refractivity (Wildman–Crippen MR) is 109 cm³/mol. The van der Waals surface area contributed by atoms with E-state index in [0.717, 1.165) is 22.6 Å². The number of hydrogen-bond acceptors (Lipinski definition) is 3. The van der Waals surface area contributed by atoms with Crippen molar-refractivity contribution in [3.63, 3.8) is 0 Å². The van der Waals surface area contributed by atoms with Crippen molar-refractivity contribution in [2.24, 2.45) is 0 Å². The molecule has 1 atom stereocenters. The molecule has 0 aliphatic carbocycles. The van der Waals surface area contributed by atoms with E-state index in [9.17, 15) is 4.79 Å². The normalized spacial score (nSPS) is 16.9. The Balaban J connectivity index is 1.96. The summed E-state index contributed by atoms with van der Waals surface area (Å²) in [5.41, 5.74) is 2.82. The largest absolute Gasteiger partial charge is 0.494 e. The van der Waals surface area contributed by atoms with Crippen LogP contribution in [0.2, 0.25) is 0 Å². The molecule has 2 aromatic rings. The van der Waals surface area contributed by atoms with Crippen LogP contribution in [0.25, 0.3) is 0 Å². The summed E-state index contributed by atoms with van der Waals surface area (Å²) in [5.74, 6) is 0.719. The van der Waals surface area contributed by atoms with Crippen LogP contribution in [-0.2, 0) is 4.79 Å². The van der Waals surface area contributed by atoms with Crippen molar-refractivity contribution in [1.29, 1.82) is 0 Å². The number of aryl methyl sites for hydroxylation is 1. The van der Waals surface area contributed by atoms with Crippen molar-refractivity contribution in [2.75, 3.05) is 18.1 Å². The SMILES string of the molecule is C=CCN1C(=S)N(c2ccc(OCC)cc2)C(=O)[C@@H]1c1ccc(C)cc1. The highest BCUT2D eigenvalue weighted by Gasteiger charge is 2.43. The smallest absolute Gasteiger partial charge is 0.260 e. The lowest BCUT2D eigenvalue weighted by Gasteiger charge is -2.22. The van der Waals surface area contributed by atoms with Gasteiger partial charge >= 0.3 is 0 Å². The van der Waals surface area contributed by atoms with Gasteiger partial charge in [-0.15, -0.1) is 6.58 Å². The van der Waals surface area contributed by atoms with E-state index in [2.05, 4.69) is 6.58 Å². The number of ether oxygens (including phenoxy) is 1. The first-order valence-electron chi connectivity index (χ1n) is 8.61. The number of hydrogen-bond donors (Lipinski definition) is 0. The summed E-state index contributed by atoms with van der Waals surface area (Å²) in [6.45, 7) is 8.88. The average molecular weight is 366 g/mol. The lowest BCUT2D eigenvalue weighted by atomic mass is 10.0. The van der Waals surface area contributed by atoms with Crippen LogP contribution in [0.15, 0.2) is 61.2 Å². The first-order chi connectivity index (χ1) is 12.6. The van der Waals surface area contributed by atoms with Crippen LogP contribution in [0.1, 0.15) is 24.1 Å². The van der Waals surface area contributed by atoms with Crippen molar-refractivity contribution in [1.82, 2.24) is 4.90 Å². The number of carbonyl (C=O) groups excluding carboxylic acids is 1. The fraction of sp³-hybridized carbons (Fsp3) is 0.238. The van der Waals surface area contributed by atoms with Gasteiger partial charge in [-0.05, 0) is 55.9 Å². The first kappa shape index (κ1) is 18.1. The van der Waals surface area contributed by atoms with Crippen molar-refractivity contribution in [2.45, 2.75) is 19.9 Å². The van der Waals surface area contributed by atoms with Gasteiger partial charge in [0.2, 0.25) is 0 Å². The molecule has 3 rings (SSSR count). The molecule has 1 aliphatic rings. The van der Waals surface area contributed by atoms with Crippen LogP contribution in [-0.4, -0.2) is 29.1 Å². The van der Waals surface area contributed by atoms with Gasteiger partial charge in [-0.1, -0.05) is 35.9 Å². The fourth-order valence-corrected chi connectivity index (χ4v) is 3.45. The van der Waals surface area contributed by atoms with Crippen molar-refractivity contribution >= 4 is 28.9 Å². The van der Waals surface area contributed by atoms with Gasteiger partial charge in [0.25, 0.3) is 5.91 Å². The minimum Gasteiger partial charge on any atom is -0.494 e. The number of rotatable bonds is 6. The second-order valence-electron chi connectivity index (χ2n) is 6.14. The Morgan fingerprint density at radius 2 is 1.81 bits per heavy atom. The molecule has 1 fully saturated rings. The quantitative estimate of drug-likeness (QED) is 0.565. The summed E-state index contributed by atoms with van der Waals surface area (Å²) in [6, 6.07) is 15.0. The molecule has 0 radical (unpaired) electrons. The maximum absolute atomic E-state index is 13.2.